The Hall–Kier alpha value is -3.99. The number of ether oxygens (including phenoxy) is 1. The van der Waals surface area contributed by atoms with Crippen molar-refractivity contribution in [3.8, 4) is 5.75 Å². The molecule has 0 aliphatic rings. The van der Waals surface area contributed by atoms with Crippen molar-refractivity contribution in [2.75, 3.05) is 17.7 Å². The number of halogens is 1. The van der Waals surface area contributed by atoms with Crippen LogP contribution in [0.25, 0.3) is 0 Å². The molecule has 1 atom stereocenters. The van der Waals surface area contributed by atoms with Gasteiger partial charge in [0.25, 0.3) is 11.8 Å². The van der Waals surface area contributed by atoms with Crippen LogP contribution in [-0.4, -0.2) is 34.7 Å². The summed E-state index contributed by atoms with van der Waals surface area (Å²) in [6.07, 6.45) is 0.627. The van der Waals surface area contributed by atoms with E-state index in [1.54, 1.807) is 24.3 Å². The summed E-state index contributed by atoms with van der Waals surface area (Å²) in [6.45, 7) is 5.65. The van der Waals surface area contributed by atoms with Gasteiger partial charge in [-0.25, -0.2) is 4.39 Å². The number of primary amides is 1. The van der Waals surface area contributed by atoms with Gasteiger partial charge in [-0.05, 0) is 73.8 Å². The molecule has 0 aliphatic carbocycles. The zero-order valence-corrected chi connectivity index (χ0v) is 21.2. The molecule has 3 aromatic rings. The first-order valence-corrected chi connectivity index (χ1v) is 11.9. The third-order valence-electron chi connectivity index (χ3n) is 5.76. The summed E-state index contributed by atoms with van der Waals surface area (Å²) in [5, 5.41) is 2.98. The number of nitrogen functional groups attached to an aromatic ring is 1. The molecule has 3 amide bonds. The second-order valence-corrected chi connectivity index (χ2v) is 9.47. The summed E-state index contributed by atoms with van der Waals surface area (Å²) in [6, 6.07) is 10.6. The number of nitrogens with two attached hydrogens (primary N) is 2. The highest BCUT2D eigenvalue weighted by atomic mass is 32.1. The van der Waals surface area contributed by atoms with Gasteiger partial charge in [-0.3, -0.25) is 19.3 Å². The number of hydrogen-bond donors (Lipinski definition) is 3. The lowest BCUT2D eigenvalue weighted by molar-refractivity contribution is -0.124. The van der Waals surface area contributed by atoms with Crippen LogP contribution in [0, 0.1) is 5.82 Å². The Kier molecular flexibility index (Phi) is 7.93. The van der Waals surface area contributed by atoms with Crippen molar-refractivity contribution < 1.29 is 23.5 Å². The number of amides is 3. The van der Waals surface area contributed by atoms with Gasteiger partial charge < -0.3 is 21.5 Å². The van der Waals surface area contributed by atoms with Gasteiger partial charge in [-0.2, -0.15) is 4.37 Å². The van der Waals surface area contributed by atoms with Crippen LogP contribution >= 0.6 is 11.5 Å². The number of benzene rings is 2. The van der Waals surface area contributed by atoms with Gasteiger partial charge in [-0.1, -0.05) is 19.1 Å². The van der Waals surface area contributed by atoms with E-state index in [1.807, 2.05) is 20.8 Å². The van der Waals surface area contributed by atoms with Crippen LogP contribution in [0.3, 0.4) is 0 Å². The highest BCUT2D eigenvalue weighted by Crippen LogP contribution is 2.34. The zero-order valence-electron chi connectivity index (χ0n) is 20.4. The molecule has 5 N–H and O–H groups in total. The molecule has 11 heteroatoms. The molecular formula is C25H28FN5O4S. The molecule has 3 rings (SSSR count). The summed E-state index contributed by atoms with van der Waals surface area (Å²) < 4.78 is 22.9. The van der Waals surface area contributed by atoms with E-state index in [9.17, 15) is 18.8 Å². The Balaban J connectivity index is 2.22. The number of nitrogens with zero attached hydrogens (tertiary/aromatic N) is 2. The van der Waals surface area contributed by atoms with Crippen molar-refractivity contribution in [1.82, 2.24) is 9.69 Å². The van der Waals surface area contributed by atoms with Crippen molar-refractivity contribution in [3.63, 3.8) is 0 Å². The number of anilines is 2. The fourth-order valence-corrected chi connectivity index (χ4v) is 4.16. The quantitative estimate of drug-likeness (QED) is 0.399. The molecule has 0 spiro atoms. The second-order valence-electron chi connectivity index (χ2n) is 8.69. The number of nitrogens with one attached hydrogen (secondary N) is 1. The predicted molar refractivity (Wildman–Crippen MR) is 137 cm³/mol. The van der Waals surface area contributed by atoms with Gasteiger partial charge in [-0.15, -0.1) is 0 Å². The van der Waals surface area contributed by atoms with Crippen LogP contribution in [0.4, 0.5) is 15.8 Å². The maximum atomic E-state index is 13.9. The molecule has 190 valence electrons. The normalized spacial score (nSPS) is 12.0. The van der Waals surface area contributed by atoms with Crippen LogP contribution < -0.4 is 26.4 Å². The minimum absolute atomic E-state index is 0.0748. The minimum Gasteiger partial charge on any atom is -0.497 e. The first kappa shape index (κ1) is 26.6. The second kappa shape index (κ2) is 10.7. The van der Waals surface area contributed by atoms with Gasteiger partial charge in [0.15, 0.2) is 5.69 Å². The third kappa shape index (κ3) is 5.62. The lowest BCUT2D eigenvalue weighted by Gasteiger charge is -2.34. The number of carbonyl (C=O) groups is 3. The Morgan fingerprint density at radius 2 is 1.75 bits per heavy atom. The molecule has 1 aromatic heterocycles. The molecule has 0 unspecified atom stereocenters. The highest BCUT2D eigenvalue weighted by molar-refractivity contribution is 7.09. The SMILES string of the molecule is CCC(C)(C)NC(=O)[C@H](c1ccc(OC)cc1)N(C(=O)c1snc(C(N)=O)c1N)c1ccc(F)cc1. The van der Waals surface area contributed by atoms with E-state index in [0.717, 1.165) is 0 Å². The maximum Gasteiger partial charge on any atom is 0.273 e. The molecule has 0 fully saturated rings. The van der Waals surface area contributed by atoms with E-state index < -0.39 is 35.1 Å². The van der Waals surface area contributed by atoms with Gasteiger partial charge >= 0.3 is 0 Å². The summed E-state index contributed by atoms with van der Waals surface area (Å²) in [4.78, 5) is 40.5. The highest BCUT2D eigenvalue weighted by Gasteiger charge is 2.37. The summed E-state index contributed by atoms with van der Waals surface area (Å²) in [7, 11) is 1.51. The number of carbonyl (C=O) groups excluding carboxylic acids is 3. The van der Waals surface area contributed by atoms with Crippen LogP contribution in [0.5, 0.6) is 5.75 Å². The van der Waals surface area contributed by atoms with E-state index in [4.69, 9.17) is 16.2 Å². The van der Waals surface area contributed by atoms with Crippen LogP contribution in [0.1, 0.15) is 59.0 Å². The predicted octanol–water partition coefficient (Wildman–Crippen LogP) is 3.66. The fraction of sp³-hybridized carbons (Fsp3) is 0.280. The number of aromatic nitrogens is 1. The Morgan fingerprint density at radius 3 is 2.25 bits per heavy atom. The molecular weight excluding hydrogens is 485 g/mol. The topological polar surface area (TPSA) is 141 Å². The molecule has 1 heterocycles. The van der Waals surface area contributed by atoms with Gasteiger partial charge in [0, 0.05) is 11.2 Å². The van der Waals surface area contributed by atoms with Gasteiger partial charge in [0.05, 0.1) is 12.8 Å². The van der Waals surface area contributed by atoms with E-state index in [0.29, 0.717) is 29.3 Å². The number of hydrogen-bond acceptors (Lipinski definition) is 7. The molecule has 0 saturated carbocycles. The van der Waals surface area contributed by atoms with E-state index in [-0.39, 0.29) is 21.9 Å². The van der Waals surface area contributed by atoms with Crippen molar-refractivity contribution >= 4 is 40.6 Å². The smallest absolute Gasteiger partial charge is 0.273 e. The van der Waals surface area contributed by atoms with E-state index in [1.165, 1.54) is 36.3 Å². The summed E-state index contributed by atoms with van der Waals surface area (Å²) in [5.74, 6) is -2.01. The van der Waals surface area contributed by atoms with Gasteiger partial charge in [0.2, 0.25) is 5.91 Å². The van der Waals surface area contributed by atoms with Crippen molar-refractivity contribution in [3.05, 3.63) is 70.5 Å². The number of rotatable bonds is 9. The monoisotopic (exact) mass is 513 g/mol. The minimum atomic E-state index is -1.18. The van der Waals surface area contributed by atoms with Crippen LogP contribution in [-0.2, 0) is 4.79 Å². The van der Waals surface area contributed by atoms with Crippen LogP contribution in [0.2, 0.25) is 0 Å². The Morgan fingerprint density at radius 1 is 1.14 bits per heavy atom. The molecule has 0 radical (unpaired) electrons. The summed E-state index contributed by atoms with van der Waals surface area (Å²) in [5.41, 5.74) is 11.1. The fourth-order valence-electron chi connectivity index (χ4n) is 3.42. The molecule has 36 heavy (non-hydrogen) atoms. The largest absolute Gasteiger partial charge is 0.497 e. The first-order valence-electron chi connectivity index (χ1n) is 11.1. The van der Waals surface area contributed by atoms with E-state index in [2.05, 4.69) is 9.69 Å². The molecule has 9 nitrogen and oxygen atoms in total. The van der Waals surface area contributed by atoms with Crippen molar-refractivity contribution in [1.29, 1.82) is 0 Å². The number of methoxy groups -OCH3 is 1. The first-order chi connectivity index (χ1) is 17.0. The Labute approximate surface area is 212 Å². The average Bonchev–Trinajstić information content (AvgIpc) is 3.24. The van der Waals surface area contributed by atoms with Crippen molar-refractivity contribution in [2.45, 2.75) is 38.8 Å². The van der Waals surface area contributed by atoms with Gasteiger partial charge in [0.1, 0.15) is 22.5 Å². The molecule has 2 aromatic carbocycles. The van der Waals surface area contributed by atoms with Crippen LogP contribution in [0.15, 0.2) is 48.5 Å². The molecule has 0 aliphatic heterocycles. The average molecular weight is 514 g/mol. The van der Waals surface area contributed by atoms with E-state index >= 15 is 0 Å². The standard InChI is InChI=1S/C25H28FN5O4S/c1-5-25(2,3)29-23(33)20(14-6-12-17(35-4)13-7-14)31(16-10-8-15(26)9-11-16)24(34)21-18(27)19(22(28)32)30-36-21/h6-13,20H,5,27H2,1-4H3,(H2,28,32)(H,29,33)/t20-/m0/s1. The zero-order chi connectivity index (χ0) is 26.6. The Bertz CT molecular complexity index is 1260. The lowest BCUT2D eigenvalue weighted by Crippen LogP contribution is -2.50. The lowest BCUT2D eigenvalue weighted by atomic mass is 9.98. The van der Waals surface area contributed by atoms with Crippen molar-refractivity contribution in [2.24, 2.45) is 5.73 Å². The summed E-state index contributed by atoms with van der Waals surface area (Å²) >= 11 is 0.694. The third-order valence-corrected chi connectivity index (χ3v) is 6.61. The molecule has 0 bridgehead atoms. The molecule has 0 saturated heterocycles. The maximum absolute atomic E-state index is 13.9.